The molecule has 1 aromatic carbocycles. The summed E-state index contributed by atoms with van der Waals surface area (Å²) in [6, 6.07) is 5.42. The number of aliphatic hydroxyl groups excluding tert-OH is 1. The molecule has 1 rings (SSSR count). The molecule has 0 spiro atoms. The van der Waals surface area contributed by atoms with Gasteiger partial charge in [-0.05, 0) is 44.5 Å². The fourth-order valence-electron chi connectivity index (χ4n) is 1.83. The minimum absolute atomic E-state index is 0.209. The quantitative estimate of drug-likeness (QED) is 0.816. The SMILES string of the molecule is CSCCC(C)N(C)Cc1ccc(C#CCO)cc1F. The number of benzene rings is 1. The van der Waals surface area contributed by atoms with Crippen LogP contribution < -0.4 is 0 Å². The third-order valence-corrected chi connectivity index (χ3v) is 3.92. The first-order valence-electron chi connectivity index (χ1n) is 6.65. The molecule has 0 radical (unpaired) electrons. The molecular formula is C16H22FNOS. The maximum absolute atomic E-state index is 14.0. The molecule has 1 unspecified atom stereocenters. The summed E-state index contributed by atoms with van der Waals surface area (Å²) >= 11 is 1.83. The summed E-state index contributed by atoms with van der Waals surface area (Å²) in [5.74, 6) is 6.11. The van der Waals surface area contributed by atoms with Crippen LogP contribution in [0.25, 0.3) is 0 Å². The highest BCUT2D eigenvalue weighted by Crippen LogP contribution is 2.15. The summed E-state index contributed by atoms with van der Waals surface area (Å²) in [6.07, 6.45) is 3.19. The monoisotopic (exact) mass is 295 g/mol. The lowest BCUT2D eigenvalue weighted by Crippen LogP contribution is -2.29. The Labute approximate surface area is 125 Å². The van der Waals surface area contributed by atoms with Crippen LogP contribution >= 0.6 is 11.8 Å². The first-order valence-corrected chi connectivity index (χ1v) is 8.05. The maximum Gasteiger partial charge on any atom is 0.128 e. The lowest BCUT2D eigenvalue weighted by molar-refractivity contribution is 0.242. The summed E-state index contributed by atoms with van der Waals surface area (Å²) in [4.78, 5) is 2.16. The highest BCUT2D eigenvalue weighted by Gasteiger charge is 2.11. The molecule has 0 saturated carbocycles. The van der Waals surface area contributed by atoms with Gasteiger partial charge in [0.15, 0.2) is 0 Å². The van der Waals surface area contributed by atoms with Gasteiger partial charge in [-0.15, -0.1) is 0 Å². The Kier molecular flexibility index (Phi) is 7.68. The van der Waals surface area contributed by atoms with Crippen molar-refractivity contribution in [2.75, 3.05) is 25.7 Å². The Hall–Kier alpha value is -1.02. The number of hydrogen-bond donors (Lipinski definition) is 1. The molecule has 0 aliphatic rings. The van der Waals surface area contributed by atoms with E-state index in [2.05, 4.69) is 29.9 Å². The van der Waals surface area contributed by atoms with Crippen molar-refractivity contribution in [3.05, 3.63) is 35.1 Å². The fraction of sp³-hybridized carbons (Fsp3) is 0.500. The van der Waals surface area contributed by atoms with E-state index in [0.29, 0.717) is 23.7 Å². The zero-order valence-electron chi connectivity index (χ0n) is 12.3. The van der Waals surface area contributed by atoms with Crippen molar-refractivity contribution < 1.29 is 9.50 Å². The van der Waals surface area contributed by atoms with E-state index in [-0.39, 0.29) is 12.4 Å². The van der Waals surface area contributed by atoms with Crippen LogP contribution in [0.5, 0.6) is 0 Å². The van der Waals surface area contributed by atoms with Crippen LogP contribution in [0.15, 0.2) is 18.2 Å². The van der Waals surface area contributed by atoms with E-state index in [1.165, 1.54) is 6.07 Å². The number of halogens is 1. The molecule has 2 nitrogen and oxygen atoms in total. The third-order valence-electron chi connectivity index (χ3n) is 3.28. The topological polar surface area (TPSA) is 23.5 Å². The molecule has 0 aliphatic carbocycles. The molecule has 0 aliphatic heterocycles. The highest BCUT2D eigenvalue weighted by molar-refractivity contribution is 7.98. The molecule has 0 fully saturated rings. The van der Waals surface area contributed by atoms with Gasteiger partial charge in [0.25, 0.3) is 0 Å². The lowest BCUT2D eigenvalue weighted by Gasteiger charge is -2.24. The maximum atomic E-state index is 14.0. The fourth-order valence-corrected chi connectivity index (χ4v) is 2.41. The van der Waals surface area contributed by atoms with E-state index in [0.717, 1.165) is 12.2 Å². The van der Waals surface area contributed by atoms with Crippen LogP contribution in [0.1, 0.15) is 24.5 Å². The standard InChI is InChI=1S/C16H22FNOS/c1-13(8-10-20-3)18(2)12-15-7-6-14(5-4-9-19)11-16(15)17/h6-7,11,13,19H,8-10,12H2,1-3H3. The molecule has 4 heteroatoms. The van der Waals surface area contributed by atoms with Gasteiger partial charge in [-0.2, -0.15) is 11.8 Å². The summed E-state index contributed by atoms with van der Waals surface area (Å²) in [7, 11) is 2.02. The van der Waals surface area contributed by atoms with Crippen molar-refractivity contribution in [2.45, 2.75) is 25.9 Å². The van der Waals surface area contributed by atoms with E-state index in [4.69, 9.17) is 5.11 Å². The summed E-state index contributed by atoms with van der Waals surface area (Å²) in [6.45, 7) is 2.55. The van der Waals surface area contributed by atoms with E-state index in [1.54, 1.807) is 12.1 Å². The summed E-state index contributed by atoms with van der Waals surface area (Å²) in [5, 5.41) is 8.63. The molecule has 1 N–H and O–H groups in total. The van der Waals surface area contributed by atoms with Crippen molar-refractivity contribution >= 4 is 11.8 Å². The minimum atomic E-state index is -0.237. The largest absolute Gasteiger partial charge is 0.384 e. The van der Waals surface area contributed by atoms with E-state index < -0.39 is 0 Å². The van der Waals surface area contributed by atoms with Gasteiger partial charge >= 0.3 is 0 Å². The first-order chi connectivity index (χ1) is 9.58. The highest BCUT2D eigenvalue weighted by atomic mass is 32.2. The second-order valence-corrected chi connectivity index (χ2v) is 5.80. The Morgan fingerprint density at radius 3 is 2.80 bits per heavy atom. The molecule has 20 heavy (non-hydrogen) atoms. The Morgan fingerprint density at radius 2 is 2.20 bits per heavy atom. The van der Waals surface area contributed by atoms with Gasteiger partial charge < -0.3 is 5.11 Å². The number of aliphatic hydroxyl groups is 1. The van der Waals surface area contributed by atoms with Crippen LogP contribution in [0.4, 0.5) is 4.39 Å². The summed E-state index contributed by atoms with van der Waals surface area (Å²) in [5.41, 5.74) is 1.27. The van der Waals surface area contributed by atoms with Crippen LogP contribution in [0.3, 0.4) is 0 Å². The van der Waals surface area contributed by atoms with E-state index in [9.17, 15) is 4.39 Å². The summed E-state index contributed by atoms with van der Waals surface area (Å²) < 4.78 is 14.0. The predicted octanol–water partition coefficient (Wildman–Crippen LogP) is 2.74. The zero-order chi connectivity index (χ0) is 15.0. The lowest BCUT2D eigenvalue weighted by atomic mass is 10.1. The molecule has 110 valence electrons. The van der Waals surface area contributed by atoms with Crippen molar-refractivity contribution in [1.29, 1.82) is 0 Å². The Bertz CT molecular complexity index is 481. The molecule has 0 heterocycles. The average Bonchev–Trinajstić information content (AvgIpc) is 2.44. The number of rotatable bonds is 6. The van der Waals surface area contributed by atoms with Gasteiger partial charge in [-0.1, -0.05) is 17.9 Å². The number of hydrogen-bond acceptors (Lipinski definition) is 3. The van der Waals surface area contributed by atoms with Crippen LogP contribution in [-0.2, 0) is 6.54 Å². The second kappa shape index (κ2) is 9.02. The van der Waals surface area contributed by atoms with Crippen LogP contribution in [0, 0.1) is 17.7 Å². The third kappa shape index (κ3) is 5.54. The molecule has 0 amide bonds. The van der Waals surface area contributed by atoms with Crippen molar-refractivity contribution in [2.24, 2.45) is 0 Å². The van der Waals surface area contributed by atoms with Crippen molar-refractivity contribution in [1.82, 2.24) is 4.90 Å². The van der Waals surface area contributed by atoms with E-state index >= 15 is 0 Å². The molecule has 0 aromatic heterocycles. The smallest absolute Gasteiger partial charge is 0.128 e. The molecule has 1 atom stereocenters. The molecule has 0 bridgehead atoms. The molecule has 0 saturated heterocycles. The van der Waals surface area contributed by atoms with Gasteiger partial charge in [0, 0.05) is 23.7 Å². The van der Waals surface area contributed by atoms with Gasteiger partial charge in [0.05, 0.1) is 0 Å². The van der Waals surface area contributed by atoms with Crippen LogP contribution in [-0.4, -0.2) is 41.7 Å². The first kappa shape index (κ1) is 17.0. The minimum Gasteiger partial charge on any atom is -0.384 e. The van der Waals surface area contributed by atoms with Crippen molar-refractivity contribution in [3.8, 4) is 11.8 Å². The number of thioether (sulfide) groups is 1. The van der Waals surface area contributed by atoms with Gasteiger partial charge in [0.1, 0.15) is 12.4 Å². The predicted molar refractivity (Wildman–Crippen MR) is 84.3 cm³/mol. The van der Waals surface area contributed by atoms with Gasteiger partial charge in [0.2, 0.25) is 0 Å². The Morgan fingerprint density at radius 1 is 1.45 bits per heavy atom. The van der Waals surface area contributed by atoms with Crippen molar-refractivity contribution in [3.63, 3.8) is 0 Å². The second-order valence-electron chi connectivity index (χ2n) is 4.81. The zero-order valence-corrected chi connectivity index (χ0v) is 13.1. The normalized spacial score (nSPS) is 12.1. The van der Waals surface area contributed by atoms with E-state index in [1.807, 2.05) is 18.8 Å². The molecular weight excluding hydrogens is 273 g/mol. The van der Waals surface area contributed by atoms with Crippen LogP contribution in [0.2, 0.25) is 0 Å². The number of nitrogens with zero attached hydrogens (tertiary/aromatic N) is 1. The van der Waals surface area contributed by atoms with Gasteiger partial charge in [-0.25, -0.2) is 4.39 Å². The Balaban J connectivity index is 2.68. The van der Waals surface area contributed by atoms with Gasteiger partial charge in [-0.3, -0.25) is 4.90 Å². The average molecular weight is 295 g/mol. The molecule has 1 aromatic rings.